The van der Waals surface area contributed by atoms with E-state index in [-0.39, 0.29) is 54.1 Å². The van der Waals surface area contributed by atoms with Crippen molar-refractivity contribution in [1.82, 2.24) is 0 Å². The van der Waals surface area contributed by atoms with Gasteiger partial charge in [0.15, 0.2) is 12.6 Å². The molecule has 3 saturated heterocycles. The predicted octanol–water partition coefficient (Wildman–Crippen LogP) is 5.70. The minimum absolute atomic E-state index is 0.00470. The standard InChI is InChI=1S/C28H44O6/c1-19(2)13-14-28(3,4)24(34-27-10-6-8-16-31-27)12-11-20-21-17-25(29)32-23(21)18-22(20)33-26-9-5-7-15-30-26/h11-13,20-24,26-27H,5-10,14-18H2,1-4H3/b12-11+/t20-,21-,22-,23+,24-,26?,27?/m1/s1. The number of carbonyl (C=O) groups excluding carboxylic acids is 1. The Balaban J connectivity index is 1.51. The quantitative estimate of drug-likeness (QED) is 0.314. The van der Waals surface area contributed by atoms with Crippen molar-refractivity contribution in [3.05, 3.63) is 23.8 Å². The van der Waals surface area contributed by atoms with Crippen LogP contribution in [0.4, 0.5) is 0 Å². The Morgan fingerprint density at radius 1 is 1.09 bits per heavy atom. The smallest absolute Gasteiger partial charge is 0.306 e. The number of hydrogen-bond donors (Lipinski definition) is 0. The fourth-order valence-electron chi connectivity index (χ4n) is 5.61. The van der Waals surface area contributed by atoms with Gasteiger partial charge in [-0.05, 0) is 64.2 Å². The summed E-state index contributed by atoms with van der Waals surface area (Å²) in [5.41, 5.74) is 1.21. The Bertz CT molecular complexity index is 727. The third kappa shape index (κ3) is 6.71. The summed E-state index contributed by atoms with van der Waals surface area (Å²) < 4.78 is 30.4. The molecule has 0 aromatic carbocycles. The summed E-state index contributed by atoms with van der Waals surface area (Å²) in [4.78, 5) is 12.0. The van der Waals surface area contributed by atoms with E-state index in [4.69, 9.17) is 23.7 Å². The molecular formula is C28H44O6. The number of rotatable bonds is 9. The second kappa shape index (κ2) is 11.7. The van der Waals surface area contributed by atoms with Gasteiger partial charge in [0.2, 0.25) is 0 Å². The van der Waals surface area contributed by atoms with Crippen LogP contribution in [-0.2, 0) is 28.5 Å². The molecule has 6 heteroatoms. The second-order valence-corrected chi connectivity index (χ2v) is 11.4. The van der Waals surface area contributed by atoms with Gasteiger partial charge in [0, 0.05) is 31.5 Å². The zero-order valence-corrected chi connectivity index (χ0v) is 21.5. The molecule has 0 bridgehead atoms. The predicted molar refractivity (Wildman–Crippen MR) is 130 cm³/mol. The van der Waals surface area contributed by atoms with Gasteiger partial charge >= 0.3 is 5.97 Å². The highest BCUT2D eigenvalue weighted by Gasteiger charge is 2.50. The first-order chi connectivity index (χ1) is 16.3. The van der Waals surface area contributed by atoms with Crippen LogP contribution in [0.2, 0.25) is 0 Å². The average molecular weight is 477 g/mol. The lowest BCUT2D eigenvalue weighted by molar-refractivity contribution is -0.197. The normalized spacial score (nSPS) is 35.2. The molecule has 7 atom stereocenters. The van der Waals surface area contributed by atoms with Crippen LogP contribution < -0.4 is 0 Å². The van der Waals surface area contributed by atoms with E-state index in [9.17, 15) is 4.79 Å². The number of fused-ring (bicyclic) bond motifs is 1. The monoisotopic (exact) mass is 476 g/mol. The Hall–Kier alpha value is -1.21. The lowest BCUT2D eigenvalue weighted by atomic mass is 9.81. The summed E-state index contributed by atoms with van der Waals surface area (Å²) in [6, 6.07) is 0. The molecule has 3 heterocycles. The van der Waals surface area contributed by atoms with Crippen molar-refractivity contribution in [2.45, 2.75) is 116 Å². The zero-order valence-electron chi connectivity index (χ0n) is 21.5. The highest BCUT2D eigenvalue weighted by Crippen LogP contribution is 2.45. The molecular weight excluding hydrogens is 432 g/mol. The van der Waals surface area contributed by atoms with Gasteiger partial charge in [0.25, 0.3) is 0 Å². The van der Waals surface area contributed by atoms with Crippen LogP contribution in [-0.4, -0.2) is 50.1 Å². The molecule has 0 amide bonds. The van der Waals surface area contributed by atoms with Crippen LogP contribution in [0.5, 0.6) is 0 Å². The van der Waals surface area contributed by atoms with Crippen LogP contribution in [0, 0.1) is 17.3 Å². The molecule has 4 fully saturated rings. The van der Waals surface area contributed by atoms with Crippen molar-refractivity contribution in [1.29, 1.82) is 0 Å². The highest BCUT2D eigenvalue weighted by molar-refractivity contribution is 5.72. The number of carbonyl (C=O) groups is 1. The summed E-state index contributed by atoms with van der Waals surface area (Å²) in [6.07, 6.45) is 14.7. The highest BCUT2D eigenvalue weighted by atomic mass is 16.7. The van der Waals surface area contributed by atoms with Crippen LogP contribution in [0.25, 0.3) is 0 Å². The fourth-order valence-corrected chi connectivity index (χ4v) is 5.61. The summed E-state index contributed by atoms with van der Waals surface area (Å²) >= 11 is 0. The Kier molecular flexibility index (Phi) is 8.89. The first-order valence-corrected chi connectivity index (χ1v) is 13.4. The average Bonchev–Trinajstić information content (AvgIpc) is 3.32. The zero-order chi connectivity index (χ0) is 24.1. The third-order valence-electron chi connectivity index (χ3n) is 7.77. The number of ether oxygens (including phenoxy) is 5. The van der Waals surface area contributed by atoms with Crippen LogP contribution in [0.15, 0.2) is 23.8 Å². The van der Waals surface area contributed by atoms with Gasteiger partial charge in [0.1, 0.15) is 6.10 Å². The first-order valence-electron chi connectivity index (χ1n) is 13.4. The molecule has 4 aliphatic rings. The molecule has 0 radical (unpaired) electrons. The third-order valence-corrected chi connectivity index (χ3v) is 7.77. The number of allylic oxidation sites excluding steroid dienone is 2. The van der Waals surface area contributed by atoms with Crippen LogP contribution >= 0.6 is 0 Å². The van der Waals surface area contributed by atoms with Gasteiger partial charge in [-0.3, -0.25) is 4.79 Å². The molecule has 0 aromatic heterocycles. The van der Waals surface area contributed by atoms with Crippen molar-refractivity contribution in [2.75, 3.05) is 13.2 Å². The van der Waals surface area contributed by atoms with Crippen molar-refractivity contribution in [3.8, 4) is 0 Å². The summed E-state index contributed by atoms with van der Waals surface area (Å²) in [5, 5.41) is 0. The molecule has 6 nitrogen and oxygen atoms in total. The Morgan fingerprint density at radius 3 is 2.44 bits per heavy atom. The van der Waals surface area contributed by atoms with Gasteiger partial charge in [-0.2, -0.15) is 0 Å². The van der Waals surface area contributed by atoms with Crippen molar-refractivity contribution in [2.24, 2.45) is 17.3 Å². The first kappa shape index (κ1) is 25.9. The van der Waals surface area contributed by atoms with Gasteiger partial charge in [0.05, 0.1) is 18.6 Å². The molecule has 192 valence electrons. The van der Waals surface area contributed by atoms with E-state index in [2.05, 4.69) is 45.9 Å². The molecule has 0 spiro atoms. The lowest BCUT2D eigenvalue weighted by Gasteiger charge is -2.36. The molecule has 2 unspecified atom stereocenters. The number of hydrogen-bond acceptors (Lipinski definition) is 6. The van der Waals surface area contributed by atoms with E-state index in [1.807, 2.05) is 0 Å². The molecule has 1 saturated carbocycles. The SMILES string of the molecule is CC(C)=CCC(C)(C)[C@@H](/C=C/[C@@H]1[C@H]2CC(=O)O[C@H]2C[C@H]1OC1CCCCO1)OC1CCCCO1. The maximum Gasteiger partial charge on any atom is 0.306 e. The molecule has 0 aromatic rings. The van der Waals surface area contributed by atoms with Crippen molar-refractivity contribution >= 4 is 5.97 Å². The topological polar surface area (TPSA) is 63.2 Å². The summed E-state index contributed by atoms with van der Waals surface area (Å²) in [7, 11) is 0. The van der Waals surface area contributed by atoms with Crippen LogP contribution in [0.3, 0.4) is 0 Å². The molecule has 4 rings (SSSR count). The Morgan fingerprint density at radius 2 is 1.79 bits per heavy atom. The summed E-state index contributed by atoms with van der Waals surface area (Å²) in [6.45, 7) is 10.3. The summed E-state index contributed by atoms with van der Waals surface area (Å²) in [5.74, 6) is 0.178. The maximum atomic E-state index is 12.0. The van der Waals surface area contributed by atoms with Crippen molar-refractivity contribution in [3.63, 3.8) is 0 Å². The molecule has 3 aliphatic heterocycles. The minimum Gasteiger partial charge on any atom is -0.462 e. The van der Waals surface area contributed by atoms with Gasteiger partial charge < -0.3 is 23.7 Å². The van der Waals surface area contributed by atoms with E-state index in [1.165, 1.54) is 5.57 Å². The Labute approximate surface area is 205 Å². The van der Waals surface area contributed by atoms with E-state index in [1.54, 1.807) is 0 Å². The largest absolute Gasteiger partial charge is 0.462 e. The molecule has 34 heavy (non-hydrogen) atoms. The van der Waals surface area contributed by atoms with Gasteiger partial charge in [-0.1, -0.05) is 37.6 Å². The van der Waals surface area contributed by atoms with Crippen molar-refractivity contribution < 1.29 is 28.5 Å². The second-order valence-electron chi connectivity index (χ2n) is 11.4. The van der Waals surface area contributed by atoms with E-state index >= 15 is 0 Å². The molecule has 0 N–H and O–H groups in total. The van der Waals surface area contributed by atoms with E-state index in [0.29, 0.717) is 6.42 Å². The maximum absolute atomic E-state index is 12.0. The minimum atomic E-state index is -0.162. The van der Waals surface area contributed by atoms with E-state index < -0.39 is 0 Å². The van der Waals surface area contributed by atoms with Crippen LogP contribution in [0.1, 0.15) is 85.5 Å². The number of esters is 1. The van der Waals surface area contributed by atoms with Gasteiger partial charge in [-0.25, -0.2) is 0 Å². The molecule has 1 aliphatic carbocycles. The lowest BCUT2D eigenvalue weighted by Crippen LogP contribution is -2.36. The van der Waals surface area contributed by atoms with Gasteiger partial charge in [-0.15, -0.1) is 0 Å². The van der Waals surface area contributed by atoms with E-state index in [0.717, 1.165) is 64.6 Å². The fraction of sp³-hybridized carbons (Fsp3) is 0.821.